The van der Waals surface area contributed by atoms with E-state index in [0.29, 0.717) is 22.6 Å². The summed E-state index contributed by atoms with van der Waals surface area (Å²) in [5.74, 6) is 0.359. The molecule has 2 aliphatic rings. The zero-order valence-electron chi connectivity index (χ0n) is 18.5. The number of hydrogen-bond acceptors (Lipinski definition) is 5. The van der Waals surface area contributed by atoms with E-state index in [9.17, 15) is 9.90 Å². The lowest BCUT2D eigenvalue weighted by molar-refractivity contribution is -0.0224. The number of nitrogens with zero attached hydrogens (tertiary/aromatic N) is 1. The Labute approximate surface area is 187 Å². The molecule has 0 saturated heterocycles. The summed E-state index contributed by atoms with van der Waals surface area (Å²) < 4.78 is 0. The number of aryl methyl sites for hydroxylation is 1. The maximum absolute atomic E-state index is 13.5. The maximum Gasteiger partial charge on any atom is 0.255 e. The Morgan fingerprint density at radius 3 is 2.52 bits per heavy atom. The van der Waals surface area contributed by atoms with Crippen molar-refractivity contribution in [2.75, 3.05) is 0 Å². The summed E-state index contributed by atoms with van der Waals surface area (Å²) in [4.78, 5) is 15.4. The number of carbonyl (C=O) groups is 1. The molecular formula is C25H29N3O2S. The van der Waals surface area contributed by atoms with Gasteiger partial charge in [-0.3, -0.25) is 15.6 Å². The molecule has 3 N–H and O–H groups in total. The van der Waals surface area contributed by atoms with Crippen LogP contribution in [-0.4, -0.2) is 37.6 Å². The van der Waals surface area contributed by atoms with Crippen LogP contribution in [0.4, 0.5) is 0 Å². The highest BCUT2D eigenvalue weighted by Crippen LogP contribution is 2.44. The predicted octanol–water partition coefficient (Wildman–Crippen LogP) is 5.22. The maximum atomic E-state index is 13.5. The van der Waals surface area contributed by atoms with Gasteiger partial charge in [0.25, 0.3) is 5.91 Å². The number of aliphatic hydroxyl groups is 1. The molecule has 6 heteroatoms. The number of fused-ring (bicyclic) bond motifs is 1. The second-order valence-electron chi connectivity index (χ2n) is 9.23. The Bertz CT molecular complexity index is 1080. The van der Waals surface area contributed by atoms with Gasteiger partial charge in [-0.25, -0.2) is 0 Å². The molecule has 0 bridgehead atoms. The minimum atomic E-state index is -0.942. The number of hydrogen-bond donors (Lipinski definition) is 3. The van der Waals surface area contributed by atoms with Crippen LogP contribution < -0.4 is 0 Å². The normalized spacial score (nSPS) is 16.9. The average molecular weight is 436 g/mol. The van der Waals surface area contributed by atoms with Crippen molar-refractivity contribution in [3.05, 3.63) is 58.7 Å². The molecule has 1 saturated carbocycles. The average Bonchev–Trinajstić information content (AvgIpc) is 3.44. The molecule has 0 spiro atoms. The topological polar surface area (TPSA) is 88.2 Å². The molecule has 31 heavy (non-hydrogen) atoms. The van der Waals surface area contributed by atoms with Crippen molar-refractivity contribution in [1.82, 2.24) is 4.90 Å². The zero-order valence-corrected chi connectivity index (χ0v) is 19.3. The van der Waals surface area contributed by atoms with Gasteiger partial charge in [0.05, 0.1) is 22.3 Å². The van der Waals surface area contributed by atoms with E-state index >= 15 is 0 Å². The number of thioether (sulfide) groups is 1. The lowest BCUT2D eigenvalue weighted by atomic mass is 9.92. The van der Waals surface area contributed by atoms with Crippen molar-refractivity contribution in [3.8, 4) is 11.1 Å². The number of rotatable bonds is 5. The fourth-order valence-corrected chi connectivity index (χ4v) is 5.41. The van der Waals surface area contributed by atoms with Crippen LogP contribution in [0.3, 0.4) is 0 Å². The number of carbonyl (C=O) groups excluding carboxylic acids is 1. The fraction of sp³-hybridized carbons (Fsp3) is 0.400. The second kappa shape index (κ2) is 7.92. The molecule has 162 valence electrons. The minimum Gasteiger partial charge on any atom is -0.388 e. The van der Waals surface area contributed by atoms with E-state index in [4.69, 9.17) is 10.8 Å². The SMILES string of the molecule is CC(=N)SC(=N)c1ccc(-c2cccc3c2C(=O)N([C@H](C2CC2)C(C)(C)O)C3)cc1C. The van der Waals surface area contributed by atoms with E-state index in [1.807, 2.05) is 48.2 Å². The highest BCUT2D eigenvalue weighted by Gasteiger charge is 2.48. The summed E-state index contributed by atoms with van der Waals surface area (Å²) in [5.41, 5.74) is 4.38. The second-order valence-corrected chi connectivity index (χ2v) is 10.5. The quantitative estimate of drug-likeness (QED) is 0.444. The lowest BCUT2D eigenvalue weighted by Gasteiger charge is -2.37. The van der Waals surface area contributed by atoms with Gasteiger partial charge in [-0.1, -0.05) is 48.2 Å². The van der Waals surface area contributed by atoms with Gasteiger partial charge in [-0.2, -0.15) is 0 Å². The molecular weight excluding hydrogens is 406 g/mol. The van der Waals surface area contributed by atoms with Crippen LogP contribution in [0.2, 0.25) is 0 Å². The van der Waals surface area contributed by atoms with Crippen molar-refractivity contribution in [2.45, 2.75) is 58.7 Å². The first kappa shape index (κ1) is 21.8. The minimum absolute atomic E-state index is 0.00548. The summed E-state index contributed by atoms with van der Waals surface area (Å²) in [5, 5.41) is 27.4. The van der Waals surface area contributed by atoms with Crippen molar-refractivity contribution >= 4 is 27.8 Å². The summed E-state index contributed by atoms with van der Waals surface area (Å²) in [6.45, 7) is 7.78. The standard InChI is InChI=1S/C25H29N3O2S/c1-14-12-17(10-11-19(14)23(27)31-15(2)26)20-7-5-6-18-13-28(24(29)21(18)20)22(16-8-9-16)25(3,4)30/h5-7,10-12,16,22,26-27,30H,8-9,13H2,1-4H3/t22-/m1/s1. The molecule has 1 amide bonds. The van der Waals surface area contributed by atoms with Crippen LogP contribution in [0, 0.1) is 23.7 Å². The molecule has 1 aliphatic heterocycles. The summed E-state index contributed by atoms with van der Waals surface area (Å²) >= 11 is 1.14. The molecule has 4 rings (SSSR count). The van der Waals surface area contributed by atoms with Gasteiger partial charge >= 0.3 is 0 Å². The van der Waals surface area contributed by atoms with E-state index in [2.05, 4.69) is 0 Å². The van der Waals surface area contributed by atoms with Crippen LogP contribution in [0.1, 0.15) is 60.7 Å². The third-order valence-corrected chi connectivity index (χ3v) is 6.86. The van der Waals surface area contributed by atoms with Crippen molar-refractivity contribution < 1.29 is 9.90 Å². The highest BCUT2D eigenvalue weighted by molar-refractivity contribution is 8.26. The molecule has 0 unspecified atom stereocenters. The van der Waals surface area contributed by atoms with Gasteiger partial charge in [0, 0.05) is 12.1 Å². The van der Waals surface area contributed by atoms with Crippen molar-refractivity contribution in [2.24, 2.45) is 5.92 Å². The molecule has 2 aromatic carbocycles. The van der Waals surface area contributed by atoms with Crippen molar-refractivity contribution in [1.29, 1.82) is 10.8 Å². The highest BCUT2D eigenvalue weighted by atomic mass is 32.2. The lowest BCUT2D eigenvalue weighted by Crippen LogP contribution is -2.51. The number of amides is 1. The van der Waals surface area contributed by atoms with Crippen LogP contribution in [0.25, 0.3) is 11.1 Å². The largest absolute Gasteiger partial charge is 0.388 e. The Morgan fingerprint density at radius 1 is 1.23 bits per heavy atom. The number of nitrogens with one attached hydrogen (secondary N) is 2. The Balaban J connectivity index is 1.70. The van der Waals surface area contributed by atoms with Gasteiger partial charge in [0.1, 0.15) is 5.04 Å². The molecule has 1 aliphatic carbocycles. The van der Waals surface area contributed by atoms with Crippen LogP contribution >= 0.6 is 11.8 Å². The zero-order chi connectivity index (χ0) is 22.5. The molecule has 1 heterocycles. The first-order valence-corrected chi connectivity index (χ1v) is 11.5. The Hall–Kier alpha value is -2.44. The molecule has 0 radical (unpaired) electrons. The molecule has 1 fully saturated rings. The summed E-state index contributed by atoms with van der Waals surface area (Å²) in [6.07, 6.45) is 2.11. The predicted molar refractivity (Wildman–Crippen MR) is 127 cm³/mol. The van der Waals surface area contributed by atoms with Crippen LogP contribution in [-0.2, 0) is 6.54 Å². The van der Waals surface area contributed by atoms with Gasteiger partial charge in [-0.05, 0) is 68.7 Å². The van der Waals surface area contributed by atoms with Crippen LogP contribution in [0.5, 0.6) is 0 Å². The van der Waals surface area contributed by atoms with E-state index in [1.54, 1.807) is 20.8 Å². The van der Waals surface area contributed by atoms with Crippen molar-refractivity contribution in [3.63, 3.8) is 0 Å². The third-order valence-electron chi connectivity index (χ3n) is 6.13. The monoisotopic (exact) mass is 435 g/mol. The summed E-state index contributed by atoms with van der Waals surface area (Å²) in [6, 6.07) is 11.7. The number of benzene rings is 2. The molecule has 1 atom stereocenters. The van der Waals surface area contributed by atoms with Gasteiger partial charge in [0.15, 0.2) is 0 Å². The van der Waals surface area contributed by atoms with E-state index in [-0.39, 0.29) is 11.9 Å². The fourth-order valence-electron chi connectivity index (χ4n) is 4.77. The first-order valence-electron chi connectivity index (χ1n) is 10.7. The molecule has 0 aromatic heterocycles. The van der Waals surface area contributed by atoms with Gasteiger partial charge in [0.2, 0.25) is 0 Å². The smallest absolute Gasteiger partial charge is 0.255 e. The van der Waals surface area contributed by atoms with E-state index in [1.165, 1.54) is 0 Å². The first-order chi connectivity index (χ1) is 14.6. The Morgan fingerprint density at radius 2 is 1.94 bits per heavy atom. The van der Waals surface area contributed by atoms with E-state index in [0.717, 1.165) is 58.0 Å². The Kier molecular flexibility index (Phi) is 5.56. The molecule has 2 aromatic rings. The summed E-state index contributed by atoms with van der Waals surface area (Å²) in [7, 11) is 0. The van der Waals surface area contributed by atoms with E-state index < -0.39 is 5.60 Å². The van der Waals surface area contributed by atoms with Gasteiger partial charge < -0.3 is 10.0 Å². The third kappa shape index (κ3) is 4.19. The van der Waals surface area contributed by atoms with Gasteiger partial charge in [-0.15, -0.1) is 0 Å². The van der Waals surface area contributed by atoms with Crippen LogP contribution in [0.15, 0.2) is 36.4 Å². The molecule has 5 nitrogen and oxygen atoms in total.